The first-order valence-electron chi connectivity index (χ1n) is 38.8. The highest BCUT2D eigenvalue weighted by Gasteiger charge is 2.34. The summed E-state index contributed by atoms with van der Waals surface area (Å²) in [7, 11) is 0. The quantitative estimate of drug-likeness (QED) is 0.0351. The minimum Gasteiger partial charge on any atom is -0.383 e. The van der Waals surface area contributed by atoms with Crippen molar-refractivity contribution in [2.45, 2.75) is 112 Å². The molecule has 0 aliphatic rings. The fraction of sp³-hybridized carbons (Fsp3) is 0.239. The summed E-state index contributed by atoms with van der Waals surface area (Å²) in [5.41, 5.74) is 38.6. The number of rotatable bonds is 20. The van der Waals surface area contributed by atoms with E-state index in [0.717, 1.165) is 61.5 Å². The molecule has 0 radical (unpaired) electrons. The molecule has 0 bridgehead atoms. The summed E-state index contributed by atoms with van der Waals surface area (Å²) in [5, 5.41) is 33.9. The van der Waals surface area contributed by atoms with E-state index in [4.69, 9.17) is 43.3 Å². The average molecular weight is 1620 g/mol. The first-order valence-corrected chi connectivity index (χ1v) is 38.8. The highest BCUT2D eigenvalue weighted by Crippen LogP contribution is 2.38. The Labute approximate surface area is 696 Å². The number of anilines is 4. The summed E-state index contributed by atoms with van der Waals surface area (Å²) < 4.78 is 7.19. The molecule has 5 aromatic carbocycles. The van der Waals surface area contributed by atoms with Crippen LogP contribution >= 0.6 is 0 Å². The zero-order valence-electron chi connectivity index (χ0n) is 69.3. The number of carbonyl (C=O) groups is 4. The van der Waals surface area contributed by atoms with Crippen molar-refractivity contribution in [3.05, 3.63) is 259 Å². The van der Waals surface area contributed by atoms with Crippen molar-refractivity contribution >= 4 is 91.0 Å². The van der Waals surface area contributed by atoms with E-state index in [1.807, 2.05) is 216 Å². The lowest BCUT2D eigenvalue weighted by molar-refractivity contribution is 0.0920. The number of carbonyl (C=O) groups excluding carboxylic acids is 4. The molecule has 0 spiro atoms. The number of fused-ring (bicyclic) bond motifs is 4. The van der Waals surface area contributed by atoms with Gasteiger partial charge in [0.2, 0.25) is 5.82 Å². The Kier molecular flexibility index (Phi) is 24.4. The Hall–Kier alpha value is -15.3. The molecule has 0 fully saturated rings. The second kappa shape index (κ2) is 35.3. The Morgan fingerprint density at radius 1 is 0.314 bits per heavy atom. The number of benzene rings is 5. The minimum atomic E-state index is -0.605. The van der Waals surface area contributed by atoms with Crippen LogP contribution in [0, 0.1) is 34.6 Å². The van der Waals surface area contributed by atoms with E-state index in [1.54, 1.807) is 38.4 Å². The van der Waals surface area contributed by atoms with E-state index in [-0.39, 0.29) is 41.7 Å². The van der Waals surface area contributed by atoms with Crippen molar-refractivity contribution in [2.24, 2.45) is 0 Å². The van der Waals surface area contributed by atoms with Crippen molar-refractivity contribution in [1.29, 1.82) is 0 Å². The maximum absolute atomic E-state index is 12.7. The van der Waals surface area contributed by atoms with E-state index in [9.17, 15) is 19.2 Å². The van der Waals surface area contributed by atoms with Crippen LogP contribution in [0.2, 0.25) is 0 Å². The zero-order chi connectivity index (χ0) is 86.1. The van der Waals surface area contributed by atoms with Crippen LogP contribution in [-0.4, -0.2) is 154 Å². The first kappa shape index (κ1) is 83.6. The van der Waals surface area contributed by atoms with E-state index >= 15 is 0 Å². The molecule has 614 valence electrons. The lowest BCUT2D eigenvalue weighted by atomic mass is 10.1. The standard InChI is InChI=1S/C24H26N6O.C22H23N7O.2C21H22N8O/c1-15-8-10-17(11-9-15)20-19-21(25)27-14-28-22(19)30(29-20)24(3,4)13-26-23(31)18-7-5-6-16(2)12-18;1-14-6-8-15(9-7-14)18-17-19(23)26-13-27-20(17)29(28-18)22(2,3)12-25-21(30)16-5-4-10-24-11-16;1-13-5-7-14(8-6-13)16-15-17(22)26-12-27-19(15)29(28-16)21(2,3)11-25-20(30)18-23-9-4-10-24-18;1-13-4-6-14(7-5-13)17-16-18(22)26-12-27-19(16)29(28-17)21(2,3)11-25-20(30)15-10-23-8-9-24-15/h5-12,14H,13H2,1-4H3,(H,26,31)(H2,25,27,28);4-11,13H,12H2,1-3H3,(H,25,30)(H2,23,26,27);2*4-10,12H,11H2,1-3H3,(H,25,30)(H2,22,26,27). The second-order valence-electron chi connectivity index (χ2n) is 31.6. The van der Waals surface area contributed by atoms with Crippen LogP contribution < -0.4 is 44.2 Å². The van der Waals surface area contributed by atoms with Crippen molar-refractivity contribution in [2.75, 3.05) is 49.1 Å². The number of nitrogens with one attached hydrogen (secondary N) is 4. The molecule has 33 heteroatoms. The predicted molar refractivity (Wildman–Crippen MR) is 466 cm³/mol. The van der Waals surface area contributed by atoms with Crippen molar-refractivity contribution in [3.63, 3.8) is 0 Å². The van der Waals surface area contributed by atoms with Gasteiger partial charge in [-0.15, -0.1) is 0 Å². The maximum atomic E-state index is 12.7. The summed E-state index contributed by atoms with van der Waals surface area (Å²) in [6.45, 7) is 27.2. The van der Waals surface area contributed by atoms with Crippen LogP contribution in [-0.2, 0) is 22.2 Å². The summed E-state index contributed by atoms with van der Waals surface area (Å²) in [6.07, 6.45) is 16.4. The number of hydrogen-bond donors (Lipinski definition) is 8. The van der Waals surface area contributed by atoms with Gasteiger partial charge in [0.1, 0.15) is 77.1 Å². The number of nitrogens with zero attached hydrogens (tertiary/aromatic N) is 21. The van der Waals surface area contributed by atoms with Crippen molar-refractivity contribution in [3.8, 4) is 45.0 Å². The van der Waals surface area contributed by atoms with Gasteiger partial charge < -0.3 is 44.2 Å². The van der Waals surface area contributed by atoms with Crippen LogP contribution in [0.1, 0.15) is 125 Å². The van der Waals surface area contributed by atoms with Gasteiger partial charge in [-0.1, -0.05) is 137 Å². The predicted octanol–water partition coefficient (Wildman–Crippen LogP) is 11.5. The molecule has 16 rings (SSSR count). The number of amides is 4. The first-order chi connectivity index (χ1) is 57.9. The normalized spacial score (nSPS) is 11.6. The number of nitrogens with two attached hydrogens (primary N) is 4. The van der Waals surface area contributed by atoms with Gasteiger partial charge in [-0.3, -0.25) is 29.1 Å². The highest BCUT2D eigenvalue weighted by molar-refractivity contribution is 6.02. The molecule has 0 unspecified atom stereocenters. The smallest absolute Gasteiger partial charge is 0.289 e. The van der Waals surface area contributed by atoms with Gasteiger partial charge in [-0.25, -0.2) is 73.6 Å². The number of aryl methyl sites for hydroxylation is 5. The van der Waals surface area contributed by atoms with Crippen LogP contribution in [0.3, 0.4) is 0 Å². The largest absolute Gasteiger partial charge is 0.383 e. The SMILES string of the molecule is Cc1ccc(-c2nn(C(C)(C)CNC(=O)c3cccc(C)c3)c3ncnc(N)c23)cc1.Cc1ccc(-c2nn(C(C)(C)CNC(=O)c3cccnc3)c3ncnc(N)c23)cc1.Cc1ccc(-c2nn(C(C)(C)CNC(=O)c3cnccn3)c3ncnc(N)c23)cc1.Cc1ccc(-c2nn(C(C)(C)CNC(=O)c3ncccn3)c3ncnc(N)c23)cc1. The van der Waals surface area contributed by atoms with Gasteiger partial charge in [0.05, 0.1) is 55.5 Å². The molecule has 0 saturated heterocycles. The second-order valence-corrected chi connectivity index (χ2v) is 31.6. The Bertz CT molecular complexity index is 5950. The van der Waals surface area contributed by atoms with Gasteiger partial charge in [-0.2, -0.15) is 20.4 Å². The molecule has 0 atom stereocenters. The minimum absolute atomic E-state index is 0.116. The zero-order valence-corrected chi connectivity index (χ0v) is 69.3. The molecule has 33 nitrogen and oxygen atoms in total. The van der Waals surface area contributed by atoms with E-state index in [2.05, 4.69) is 86.1 Å². The lowest BCUT2D eigenvalue weighted by Crippen LogP contribution is -2.42. The summed E-state index contributed by atoms with van der Waals surface area (Å²) >= 11 is 0. The Morgan fingerprint density at radius 2 is 0.636 bits per heavy atom. The van der Waals surface area contributed by atoms with Gasteiger partial charge in [0.25, 0.3) is 23.6 Å². The summed E-state index contributed by atoms with van der Waals surface area (Å²) in [6, 6.07) is 44.9. The molecule has 0 aliphatic carbocycles. The Balaban J connectivity index is 0.000000139. The number of nitrogen functional groups attached to an aromatic ring is 4. The highest BCUT2D eigenvalue weighted by atomic mass is 16.2. The van der Waals surface area contributed by atoms with Crippen LogP contribution in [0.4, 0.5) is 23.3 Å². The molecule has 0 aliphatic heterocycles. The molecule has 16 aromatic rings. The third-order valence-corrected chi connectivity index (χ3v) is 20.1. The van der Waals surface area contributed by atoms with E-state index in [1.165, 1.54) is 62.5 Å². The van der Waals surface area contributed by atoms with E-state index < -0.39 is 22.2 Å². The summed E-state index contributed by atoms with van der Waals surface area (Å²) in [4.78, 5) is 104. The van der Waals surface area contributed by atoms with Gasteiger partial charge in [0.15, 0.2) is 22.6 Å². The summed E-state index contributed by atoms with van der Waals surface area (Å²) in [5.74, 6) is 0.616. The van der Waals surface area contributed by atoms with Gasteiger partial charge in [0, 0.05) is 91.2 Å². The monoisotopic (exact) mass is 1620 g/mol. The fourth-order valence-electron chi connectivity index (χ4n) is 13.2. The molecule has 121 heavy (non-hydrogen) atoms. The molecule has 4 amide bonds. The number of hydrogen-bond acceptors (Lipinski definition) is 25. The van der Waals surface area contributed by atoms with Crippen LogP contribution in [0.15, 0.2) is 208 Å². The Morgan fingerprint density at radius 3 is 0.959 bits per heavy atom. The molecule has 11 heterocycles. The average Bonchev–Trinajstić information content (AvgIpc) is 1.62. The molecule has 12 N–H and O–H groups in total. The third-order valence-electron chi connectivity index (χ3n) is 20.1. The number of pyridine rings is 1. The third kappa shape index (κ3) is 18.7. The van der Waals surface area contributed by atoms with Crippen molar-refractivity contribution in [1.82, 2.24) is 125 Å². The molecule has 11 aromatic heterocycles. The van der Waals surface area contributed by atoms with Gasteiger partial charge >= 0.3 is 0 Å². The van der Waals surface area contributed by atoms with Crippen LogP contribution in [0.25, 0.3) is 89.2 Å². The lowest BCUT2D eigenvalue weighted by Gasteiger charge is -2.26. The van der Waals surface area contributed by atoms with Crippen molar-refractivity contribution < 1.29 is 19.2 Å². The fourth-order valence-corrected chi connectivity index (χ4v) is 13.2. The van der Waals surface area contributed by atoms with Gasteiger partial charge in [-0.05, 0) is 120 Å². The molecular formula is C88H93N29O4. The topological polar surface area (TPSA) is 459 Å². The molecule has 0 saturated carbocycles. The van der Waals surface area contributed by atoms with E-state index in [0.29, 0.717) is 110 Å². The maximum Gasteiger partial charge on any atom is 0.289 e. The number of aromatic nitrogens is 21. The van der Waals surface area contributed by atoms with Crippen LogP contribution in [0.5, 0.6) is 0 Å². The molecular weight excluding hydrogens is 1530 g/mol.